The normalized spacial score (nSPS) is 18.9. The van der Waals surface area contributed by atoms with Crippen molar-refractivity contribution in [2.24, 2.45) is 4.99 Å². The van der Waals surface area contributed by atoms with E-state index in [9.17, 15) is 5.11 Å². The minimum absolute atomic E-state index is 0.149. The van der Waals surface area contributed by atoms with Gasteiger partial charge >= 0.3 is 0 Å². The molecule has 4 nitrogen and oxygen atoms in total. The van der Waals surface area contributed by atoms with Crippen molar-refractivity contribution in [3.05, 3.63) is 93.5 Å². The first-order valence-electron chi connectivity index (χ1n) is 9.24. The van der Waals surface area contributed by atoms with Crippen LogP contribution in [0.5, 0.6) is 11.5 Å². The summed E-state index contributed by atoms with van der Waals surface area (Å²) in [5, 5.41) is 15.2. The Labute approximate surface area is 179 Å². The summed E-state index contributed by atoms with van der Waals surface area (Å²) in [6.07, 6.45) is 0.339. The SMILES string of the molecule is COc1ccc(C2=N[C@@H](c3ccc(Cl)cc3)N[C@@H](c3cc(Cl)ccc3O)C2)cc1. The number of methoxy groups -OCH3 is 1. The zero-order valence-corrected chi connectivity index (χ0v) is 17.3. The van der Waals surface area contributed by atoms with Gasteiger partial charge in [0.1, 0.15) is 17.7 Å². The van der Waals surface area contributed by atoms with E-state index in [2.05, 4.69) is 5.32 Å². The number of phenols is 1. The number of nitrogens with one attached hydrogen (secondary N) is 1. The van der Waals surface area contributed by atoms with Crippen LogP contribution in [0.3, 0.4) is 0 Å². The summed E-state index contributed by atoms with van der Waals surface area (Å²) >= 11 is 12.2. The van der Waals surface area contributed by atoms with E-state index in [0.29, 0.717) is 16.5 Å². The second-order valence-electron chi connectivity index (χ2n) is 6.88. The summed E-state index contributed by atoms with van der Waals surface area (Å²) in [5.74, 6) is 0.999. The van der Waals surface area contributed by atoms with Crippen molar-refractivity contribution < 1.29 is 9.84 Å². The van der Waals surface area contributed by atoms with Crippen LogP contribution in [0.25, 0.3) is 0 Å². The van der Waals surface area contributed by atoms with Crippen LogP contribution in [0.1, 0.15) is 35.3 Å². The van der Waals surface area contributed by atoms with Crippen LogP contribution in [-0.4, -0.2) is 17.9 Å². The molecule has 2 atom stereocenters. The number of rotatable bonds is 4. The minimum Gasteiger partial charge on any atom is -0.508 e. The zero-order chi connectivity index (χ0) is 20.4. The fourth-order valence-electron chi connectivity index (χ4n) is 3.48. The topological polar surface area (TPSA) is 53.8 Å². The zero-order valence-electron chi connectivity index (χ0n) is 15.8. The maximum Gasteiger partial charge on any atom is 0.126 e. The van der Waals surface area contributed by atoms with Gasteiger partial charge in [0.15, 0.2) is 0 Å². The highest BCUT2D eigenvalue weighted by atomic mass is 35.5. The first kappa shape index (κ1) is 19.8. The number of aliphatic imine (C=N–C) groups is 1. The van der Waals surface area contributed by atoms with Gasteiger partial charge in [0.2, 0.25) is 0 Å². The standard InChI is InChI=1S/C23H20Cl2N2O2/c1-29-18-9-4-14(5-10-18)20-13-21(19-12-17(25)8-11-22(19)28)27-23(26-20)15-2-6-16(24)7-3-15/h2-12,21,23,27-28H,13H2,1H3/t21-,23-/m1/s1. The molecule has 0 unspecified atom stereocenters. The largest absolute Gasteiger partial charge is 0.508 e. The van der Waals surface area contributed by atoms with Crippen molar-refractivity contribution in [2.45, 2.75) is 18.6 Å². The Bertz CT molecular complexity index is 1030. The molecule has 148 valence electrons. The lowest BCUT2D eigenvalue weighted by molar-refractivity contribution is 0.412. The Morgan fingerprint density at radius 2 is 1.66 bits per heavy atom. The Kier molecular flexibility index (Phi) is 5.76. The highest BCUT2D eigenvalue weighted by molar-refractivity contribution is 6.30. The van der Waals surface area contributed by atoms with Crippen molar-refractivity contribution in [1.82, 2.24) is 5.32 Å². The molecule has 1 heterocycles. The molecular weight excluding hydrogens is 407 g/mol. The molecule has 0 aromatic heterocycles. The van der Waals surface area contributed by atoms with Gasteiger partial charge in [0.25, 0.3) is 0 Å². The van der Waals surface area contributed by atoms with Gasteiger partial charge in [-0.05, 0) is 65.7 Å². The predicted octanol–water partition coefficient (Wildman–Crippen LogP) is 5.93. The summed E-state index contributed by atoms with van der Waals surface area (Å²) < 4.78 is 5.27. The maximum atomic E-state index is 10.4. The van der Waals surface area contributed by atoms with E-state index in [1.165, 1.54) is 0 Å². The van der Waals surface area contributed by atoms with Crippen LogP contribution >= 0.6 is 23.2 Å². The van der Waals surface area contributed by atoms with Gasteiger partial charge in [0, 0.05) is 33.8 Å². The molecule has 1 aliphatic heterocycles. The molecule has 3 aromatic rings. The Morgan fingerprint density at radius 1 is 0.966 bits per heavy atom. The van der Waals surface area contributed by atoms with E-state index in [1.807, 2.05) is 48.5 Å². The Morgan fingerprint density at radius 3 is 2.34 bits per heavy atom. The Hall–Kier alpha value is -2.53. The second-order valence-corrected chi connectivity index (χ2v) is 7.76. The van der Waals surface area contributed by atoms with E-state index in [0.717, 1.165) is 28.2 Å². The lowest BCUT2D eigenvalue weighted by Crippen LogP contribution is -2.33. The number of aromatic hydroxyl groups is 1. The molecule has 0 spiro atoms. The van der Waals surface area contributed by atoms with Gasteiger partial charge in [-0.1, -0.05) is 35.3 Å². The molecule has 6 heteroatoms. The van der Waals surface area contributed by atoms with E-state index < -0.39 is 0 Å². The summed E-state index contributed by atoms with van der Waals surface area (Å²) in [7, 11) is 1.64. The maximum absolute atomic E-state index is 10.4. The average molecular weight is 427 g/mol. The molecule has 2 N–H and O–H groups in total. The number of phenolic OH excluding ortho intramolecular Hbond substituents is 1. The van der Waals surface area contributed by atoms with Crippen molar-refractivity contribution in [3.63, 3.8) is 0 Å². The van der Waals surface area contributed by atoms with Crippen LogP contribution in [0, 0.1) is 0 Å². The first-order chi connectivity index (χ1) is 14.0. The number of ether oxygens (including phenoxy) is 1. The van der Waals surface area contributed by atoms with Crippen LogP contribution in [-0.2, 0) is 0 Å². The third kappa shape index (κ3) is 4.40. The van der Waals surface area contributed by atoms with Gasteiger partial charge in [0.05, 0.1) is 7.11 Å². The number of benzene rings is 3. The molecule has 3 aromatic carbocycles. The van der Waals surface area contributed by atoms with Gasteiger partial charge < -0.3 is 9.84 Å². The first-order valence-corrected chi connectivity index (χ1v) is 10.00. The highest BCUT2D eigenvalue weighted by Crippen LogP contribution is 2.36. The van der Waals surface area contributed by atoms with E-state index in [1.54, 1.807) is 25.3 Å². The fraction of sp³-hybridized carbons (Fsp3) is 0.174. The minimum atomic E-state index is -0.276. The van der Waals surface area contributed by atoms with Crippen LogP contribution in [0.15, 0.2) is 71.7 Å². The molecule has 0 saturated carbocycles. The summed E-state index contributed by atoms with van der Waals surface area (Å²) in [6.45, 7) is 0. The van der Waals surface area contributed by atoms with Crippen molar-refractivity contribution in [1.29, 1.82) is 0 Å². The second kappa shape index (κ2) is 8.46. The van der Waals surface area contributed by atoms with Crippen LogP contribution < -0.4 is 10.1 Å². The number of halogens is 2. The van der Waals surface area contributed by atoms with Gasteiger partial charge in [-0.3, -0.25) is 10.3 Å². The van der Waals surface area contributed by atoms with Crippen molar-refractivity contribution in [3.8, 4) is 11.5 Å². The molecule has 29 heavy (non-hydrogen) atoms. The molecule has 0 amide bonds. The summed E-state index contributed by atoms with van der Waals surface area (Å²) in [6, 6.07) is 20.4. The third-order valence-electron chi connectivity index (χ3n) is 5.02. The molecular formula is C23H20Cl2N2O2. The van der Waals surface area contributed by atoms with Crippen LogP contribution in [0.2, 0.25) is 10.0 Å². The van der Waals surface area contributed by atoms with Crippen LogP contribution in [0.4, 0.5) is 0 Å². The van der Waals surface area contributed by atoms with Gasteiger partial charge in [-0.15, -0.1) is 0 Å². The van der Waals surface area contributed by atoms with E-state index in [-0.39, 0.29) is 18.0 Å². The molecule has 0 aliphatic carbocycles. The third-order valence-corrected chi connectivity index (χ3v) is 5.50. The predicted molar refractivity (Wildman–Crippen MR) is 117 cm³/mol. The molecule has 0 saturated heterocycles. The smallest absolute Gasteiger partial charge is 0.126 e. The molecule has 4 rings (SSSR count). The monoisotopic (exact) mass is 426 g/mol. The molecule has 0 radical (unpaired) electrons. The lowest BCUT2D eigenvalue weighted by Gasteiger charge is -2.31. The van der Waals surface area contributed by atoms with E-state index in [4.69, 9.17) is 32.9 Å². The van der Waals surface area contributed by atoms with Crippen molar-refractivity contribution >= 4 is 28.9 Å². The highest BCUT2D eigenvalue weighted by Gasteiger charge is 2.27. The lowest BCUT2D eigenvalue weighted by atomic mass is 9.93. The summed E-state index contributed by atoms with van der Waals surface area (Å²) in [5.41, 5.74) is 3.69. The fourth-order valence-corrected chi connectivity index (χ4v) is 3.79. The van der Waals surface area contributed by atoms with E-state index >= 15 is 0 Å². The number of hydrogen-bond acceptors (Lipinski definition) is 4. The number of hydrogen-bond donors (Lipinski definition) is 2. The Balaban J connectivity index is 1.75. The quantitative estimate of drug-likeness (QED) is 0.543. The summed E-state index contributed by atoms with van der Waals surface area (Å²) in [4.78, 5) is 4.94. The van der Waals surface area contributed by atoms with Gasteiger partial charge in [-0.2, -0.15) is 0 Å². The van der Waals surface area contributed by atoms with Gasteiger partial charge in [-0.25, -0.2) is 0 Å². The molecule has 0 fully saturated rings. The average Bonchev–Trinajstić information content (AvgIpc) is 2.75. The number of nitrogens with zero attached hydrogens (tertiary/aromatic N) is 1. The van der Waals surface area contributed by atoms with Crippen molar-refractivity contribution in [2.75, 3.05) is 7.11 Å². The molecule has 0 bridgehead atoms. The molecule has 1 aliphatic rings.